The van der Waals surface area contributed by atoms with Crippen LogP contribution in [0.3, 0.4) is 0 Å². The topological polar surface area (TPSA) is 60.6 Å². The number of nitrogens with one attached hydrogen (secondary N) is 1. The van der Waals surface area contributed by atoms with E-state index in [1.807, 2.05) is 27.7 Å². The summed E-state index contributed by atoms with van der Waals surface area (Å²) in [6.07, 6.45) is 0. The number of hydrogen-bond donors (Lipinski definition) is 1. The van der Waals surface area contributed by atoms with Crippen LogP contribution in [0.1, 0.15) is 27.7 Å². The molecule has 5 nitrogen and oxygen atoms in total. The van der Waals surface area contributed by atoms with Crippen LogP contribution in [-0.4, -0.2) is 30.4 Å². The highest BCUT2D eigenvalue weighted by Gasteiger charge is 2.52. The molecule has 1 saturated heterocycles. The van der Waals surface area contributed by atoms with E-state index in [0.29, 0.717) is 11.3 Å². The first-order chi connectivity index (χ1) is 8.25. The smallest absolute Gasteiger partial charge is 0.497 e. The molecule has 2 heterocycles. The van der Waals surface area contributed by atoms with Gasteiger partial charge in [-0.3, -0.25) is 4.79 Å². The molecule has 98 valence electrons. The van der Waals surface area contributed by atoms with Crippen molar-refractivity contribution in [2.75, 3.05) is 7.11 Å². The Morgan fingerprint density at radius 2 is 1.72 bits per heavy atom. The lowest BCUT2D eigenvalue weighted by atomic mass is 9.84. The van der Waals surface area contributed by atoms with Gasteiger partial charge in [0.2, 0.25) is 0 Å². The molecule has 0 radical (unpaired) electrons. The van der Waals surface area contributed by atoms with E-state index in [-0.39, 0.29) is 5.56 Å². The molecule has 6 heteroatoms. The summed E-state index contributed by atoms with van der Waals surface area (Å²) in [5, 5.41) is 0. The number of H-pyrrole nitrogens is 1. The van der Waals surface area contributed by atoms with E-state index in [2.05, 4.69) is 4.98 Å². The van der Waals surface area contributed by atoms with E-state index in [0.717, 1.165) is 0 Å². The van der Waals surface area contributed by atoms with E-state index < -0.39 is 18.3 Å². The average molecular weight is 251 g/mol. The van der Waals surface area contributed by atoms with Crippen LogP contribution in [-0.2, 0) is 9.31 Å². The molecule has 0 unspecified atom stereocenters. The molecular formula is C12H18BNO4. The fourth-order valence-corrected chi connectivity index (χ4v) is 1.75. The molecule has 2 rings (SSSR count). The minimum atomic E-state index is -0.585. The highest BCUT2D eigenvalue weighted by atomic mass is 16.7. The summed E-state index contributed by atoms with van der Waals surface area (Å²) >= 11 is 0. The normalized spacial score (nSPS) is 21.1. The number of ether oxygens (including phenoxy) is 1. The molecule has 1 aliphatic heterocycles. The molecule has 0 spiro atoms. The molecule has 1 N–H and O–H groups in total. The van der Waals surface area contributed by atoms with Gasteiger partial charge in [-0.25, -0.2) is 0 Å². The van der Waals surface area contributed by atoms with Crippen LogP contribution < -0.4 is 15.9 Å². The van der Waals surface area contributed by atoms with Crippen molar-refractivity contribution in [2.24, 2.45) is 0 Å². The highest BCUT2D eigenvalue weighted by Crippen LogP contribution is 2.36. The third kappa shape index (κ3) is 2.18. The van der Waals surface area contributed by atoms with Crippen molar-refractivity contribution in [2.45, 2.75) is 38.9 Å². The second kappa shape index (κ2) is 4.14. The molecule has 0 saturated carbocycles. The predicted molar refractivity (Wildman–Crippen MR) is 69.3 cm³/mol. The Kier molecular flexibility index (Phi) is 3.03. The first kappa shape index (κ1) is 13.2. The van der Waals surface area contributed by atoms with Gasteiger partial charge in [0.1, 0.15) is 5.75 Å². The molecule has 0 atom stereocenters. The second-order valence-electron chi connectivity index (χ2n) is 5.43. The van der Waals surface area contributed by atoms with Crippen molar-refractivity contribution in [3.63, 3.8) is 0 Å². The van der Waals surface area contributed by atoms with Gasteiger partial charge in [0.15, 0.2) is 0 Å². The SMILES string of the molecule is COc1cc(B2OC(C)(C)C(C)(C)O2)[nH]c(=O)c1. The van der Waals surface area contributed by atoms with Crippen LogP contribution in [0, 0.1) is 0 Å². The summed E-state index contributed by atoms with van der Waals surface area (Å²) in [6, 6.07) is 3.10. The van der Waals surface area contributed by atoms with Crippen molar-refractivity contribution in [1.29, 1.82) is 0 Å². The third-order valence-electron chi connectivity index (χ3n) is 3.58. The number of aromatic nitrogens is 1. The minimum absolute atomic E-state index is 0.237. The number of hydrogen-bond acceptors (Lipinski definition) is 4. The van der Waals surface area contributed by atoms with Crippen molar-refractivity contribution < 1.29 is 14.0 Å². The van der Waals surface area contributed by atoms with Crippen molar-refractivity contribution in [3.05, 3.63) is 22.5 Å². The van der Waals surface area contributed by atoms with E-state index in [9.17, 15) is 4.79 Å². The Morgan fingerprint density at radius 3 is 2.22 bits per heavy atom. The quantitative estimate of drug-likeness (QED) is 0.785. The molecule has 1 aliphatic rings. The molecule has 0 amide bonds. The van der Waals surface area contributed by atoms with Gasteiger partial charge in [-0.2, -0.15) is 0 Å². The van der Waals surface area contributed by atoms with Gasteiger partial charge < -0.3 is 19.0 Å². The fourth-order valence-electron chi connectivity index (χ4n) is 1.75. The van der Waals surface area contributed by atoms with E-state index in [1.54, 1.807) is 6.07 Å². The van der Waals surface area contributed by atoms with E-state index in [1.165, 1.54) is 13.2 Å². The Balaban J connectivity index is 2.35. The lowest BCUT2D eigenvalue weighted by molar-refractivity contribution is 0.00578. The monoisotopic (exact) mass is 251 g/mol. The Hall–Kier alpha value is -1.27. The number of methoxy groups -OCH3 is 1. The standard InChI is InChI=1S/C12H18BNO4/c1-11(2)12(3,4)18-13(17-11)9-6-8(16-5)7-10(15)14-9/h6-7H,1-5H3,(H,14,15). The zero-order chi connectivity index (χ0) is 13.6. The van der Waals surface area contributed by atoms with Crippen LogP contribution in [0.5, 0.6) is 5.75 Å². The Morgan fingerprint density at radius 1 is 1.17 bits per heavy atom. The maximum atomic E-state index is 11.5. The Bertz CT molecular complexity index is 493. The van der Waals surface area contributed by atoms with Crippen LogP contribution in [0.4, 0.5) is 0 Å². The van der Waals surface area contributed by atoms with Crippen LogP contribution >= 0.6 is 0 Å². The van der Waals surface area contributed by atoms with Crippen LogP contribution in [0.25, 0.3) is 0 Å². The molecule has 0 aromatic carbocycles. The molecule has 0 bridgehead atoms. The molecule has 1 aromatic rings. The largest absolute Gasteiger partial charge is 0.512 e. The van der Waals surface area contributed by atoms with Crippen molar-refractivity contribution in [1.82, 2.24) is 4.98 Å². The number of pyridine rings is 1. The van der Waals surface area contributed by atoms with E-state index >= 15 is 0 Å². The summed E-state index contributed by atoms with van der Waals surface area (Å²) in [5.74, 6) is 0.489. The van der Waals surface area contributed by atoms with Crippen LogP contribution in [0.15, 0.2) is 16.9 Å². The third-order valence-corrected chi connectivity index (χ3v) is 3.58. The summed E-state index contributed by atoms with van der Waals surface area (Å²) in [5.41, 5.74) is -0.535. The number of aromatic amines is 1. The van der Waals surface area contributed by atoms with Gasteiger partial charge in [0.05, 0.1) is 23.9 Å². The Labute approximate surface area is 107 Å². The first-order valence-corrected chi connectivity index (χ1v) is 5.89. The lowest BCUT2D eigenvalue weighted by Crippen LogP contribution is -2.41. The van der Waals surface area contributed by atoms with Crippen LogP contribution in [0.2, 0.25) is 0 Å². The van der Waals surface area contributed by atoms with Crippen molar-refractivity contribution >= 4 is 12.7 Å². The molecular weight excluding hydrogens is 233 g/mol. The van der Waals surface area contributed by atoms with Gasteiger partial charge in [-0.15, -0.1) is 0 Å². The average Bonchev–Trinajstić information content (AvgIpc) is 2.47. The van der Waals surface area contributed by atoms with Gasteiger partial charge in [-0.1, -0.05) is 0 Å². The summed E-state index contributed by atoms with van der Waals surface area (Å²) < 4.78 is 16.8. The molecule has 1 aromatic heterocycles. The molecule has 18 heavy (non-hydrogen) atoms. The van der Waals surface area contributed by atoms with Gasteiger partial charge in [-0.05, 0) is 33.8 Å². The lowest BCUT2D eigenvalue weighted by Gasteiger charge is -2.32. The first-order valence-electron chi connectivity index (χ1n) is 5.89. The fraction of sp³-hybridized carbons (Fsp3) is 0.583. The molecule has 0 aliphatic carbocycles. The van der Waals surface area contributed by atoms with E-state index in [4.69, 9.17) is 14.0 Å². The number of rotatable bonds is 2. The summed E-state index contributed by atoms with van der Waals surface area (Å²) in [7, 11) is 0.931. The van der Waals surface area contributed by atoms with Gasteiger partial charge >= 0.3 is 7.12 Å². The van der Waals surface area contributed by atoms with Gasteiger partial charge in [0, 0.05) is 6.07 Å². The molecule has 1 fully saturated rings. The minimum Gasteiger partial charge on any atom is -0.497 e. The maximum Gasteiger partial charge on any atom is 0.512 e. The second-order valence-corrected chi connectivity index (χ2v) is 5.43. The van der Waals surface area contributed by atoms with Gasteiger partial charge in [0.25, 0.3) is 5.56 Å². The summed E-state index contributed by atoms with van der Waals surface area (Å²) in [4.78, 5) is 14.2. The van der Waals surface area contributed by atoms with Crippen molar-refractivity contribution in [3.8, 4) is 5.75 Å². The zero-order valence-electron chi connectivity index (χ0n) is 11.4. The maximum absolute atomic E-state index is 11.5. The highest BCUT2D eigenvalue weighted by molar-refractivity contribution is 6.61. The predicted octanol–water partition coefficient (Wildman–Crippen LogP) is 0.683. The summed E-state index contributed by atoms with van der Waals surface area (Å²) in [6.45, 7) is 7.85. The zero-order valence-corrected chi connectivity index (χ0v) is 11.4.